The monoisotopic (exact) mass is 481 g/mol. The Balaban J connectivity index is 1.33. The summed E-state index contributed by atoms with van der Waals surface area (Å²) in [7, 11) is 0. The van der Waals surface area contributed by atoms with Gasteiger partial charge in [-0.3, -0.25) is 10.1 Å². The first-order chi connectivity index (χ1) is 16.3. The van der Waals surface area contributed by atoms with E-state index in [1.54, 1.807) is 5.38 Å². The van der Waals surface area contributed by atoms with Crippen LogP contribution in [0.3, 0.4) is 0 Å². The van der Waals surface area contributed by atoms with Crippen LogP contribution >= 0.6 is 11.3 Å². The number of nitrogens with zero attached hydrogens (tertiary/aromatic N) is 1. The summed E-state index contributed by atoms with van der Waals surface area (Å²) in [4.78, 5) is 39.7. The SMILES string of the molecule is C[C@@H](O)[C@H](NC(=O)Cc1csc(NC(=O)OCC2c3ccccc3-c3ccccc32)n1)C(=O)O. The van der Waals surface area contributed by atoms with Crippen molar-refractivity contribution in [3.8, 4) is 11.1 Å². The molecule has 1 aromatic heterocycles. The van der Waals surface area contributed by atoms with E-state index in [1.165, 1.54) is 6.92 Å². The molecule has 0 fully saturated rings. The number of nitrogens with one attached hydrogen (secondary N) is 2. The molecule has 10 heteroatoms. The zero-order valence-electron chi connectivity index (χ0n) is 18.2. The lowest BCUT2D eigenvalue weighted by Crippen LogP contribution is -2.48. The van der Waals surface area contributed by atoms with Crippen LogP contribution in [0.1, 0.15) is 29.7 Å². The fraction of sp³-hybridized carbons (Fsp3) is 0.250. The van der Waals surface area contributed by atoms with Crippen LogP contribution in [0, 0.1) is 0 Å². The largest absolute Gasteiger partial charge is 0.480 e. The number of rotatable bonds is 8. The van der Waals surface area contributed by atoms with Gasteiger partial charge in [0.05, 0.1) is 18.2 Å². The quantitative estimate of drug-likeness (QED) is 0.388. The van der Waals surface area contributed by atoms with E-state index in [4.69, 9.17) is 9.84 Å². The number of carbonyl (C=O) groups is 3. The van der Waals surface area contributed by atoms with E-state index < -0.39 is 30.1 Å². The number of aliphatic hydroxyl groups is 1. The van der Waals surface area contributed by atoms with Gasteiger partial charge in [0.1, 0.15) is 6.61 Å². The predicted molar refractivity (Wildman–Crippen MR) is 126 cm³/mol. The summed E-state index contributed by atoms with van der Waals surface area (Å²) in [6.45, 7) is 1.44. The minimum absolute atomic E-state index is 0.0650. The number of thiazole rings is 1. The molecule has 3 aromatic rings. The number of hydrogen-bond donors (Lipinski definition) is 4. The van der Waals surface area contributed by atoms with Crippen molar-refractivity contribution in [1.82, 2.24) is 10.3 Å². The molecule has 2 aromatic carbocycles. The standard InChI is InChI=1S/C24H23N3O6S/c1-13(28)21(22(30)31)26-20(29)10-14-12-34-23(25-14)27-24(32)33-11-19-17-8-4-2-6-15(17)16-7-3-5-9-18(16)19/h2-9,12-13,19,21,28H,10-11H2,1H3,(H,26,29)(H,30,31)(H,25,27,32)/t13-,21+/m1/s1. The molecule has 0 unspecified atom stereocenters. The molecule has 0 radical (unpaired) electrons. The molecule has 4 rings (SSSR count). The zero-order chi connectivity index (χ0) is 24.2. The van der Waals surface area contributed by atoms with Crippen molar-refractivity contribution in [2.45, 2.75) is 31.4 Å². The minimum atomic E-state index is -1.41. The highest BCUT2D eigenvalue weighted by molar-refractivity contribution is 7.13. The van der Waals surface area contributed by atoms with Crippen LogP contribution in [0.2, 0.25) is 0 Å². The Morgan fingerprint density at radius 3 is 2.29 bits per heavy atom. The number of aliphatic hydroxyl groups excluding tert-OH is 1. The van der Waals surface area contributed by atoms with Gasteiger partial charge in [0.25, 0.3) is 0 Å². The van der Waals surface area contributed by atoms with Crippen LogP contribution < -0.4 is 10.6 Å². The molecule has 1 heterocycles. The van der Waals surface area contributed by atoms with Crippen LogP contribution in [-0.2, 0) is 20.7 Å². The molecule has 0 saturated heterocycles. The third-order valence-corrected chi connectivity index (χ3v) is 6.32. The number of fused-ring (bicyclic) bond motifs is 3. The average molecular weight is 482 g/mol. The summed E-state index contributed by atoms with van der Waals surface area (Å²) in [5.74, 6) is -2.00. The average Bonchev–Trinajstić information content (AvgIpc) is 3.37. The smallest absolute Gasteiger partial charge is 0.413 e. The van der Waals surface area contributed by atoms with Crippen LogP contribution in [0.4, 0.5) is 9.93 Å². The molecule has 0 saturated carbocycles. The zero-order valence-corrected chi connectivity index (χ0v) is 19.0. The Kier molecular flexibility index (Phi) is 6.90. The molecule has 0 bridgehead atoms. The van der Waals surface area contributed by atoms with Crippen molar-refractivity contribution in [2.75, 3.05) is 11.9 Å². The minimum Gasteiger partial charge on any atom is -0.480 e. The number of aromatic nitrogens is 1. The maximum absolute atomic E-state index is 12.4. The topological polar surface area (TPSA) is 138 Å². The third-order valence-electron chi connectivity index (χ3n) is 5.51. The Labute approximate surface area is 199 Å². The van der Waals surface area contributed by atoms with Gasteiger partial charge in [-0.05, 0) is 29.2 Å². The lowest BCUT2D eigenvalue weighted by molar-refractivity contribution is -0.144. The van der Waals surface area contributed by atoms with Crippen molar-refractivity contribution < 1.29 is 29.3 Å². The van der Waals surface area contributed by atoms with Crippen molar-refractivity contribution in [3.05, 3.63) is 70.7 Å². The highest BCUT2D eigenvalue weighted by Crippen LogP contribution is 2.44. The molecule has 0 spiro atoms. The molecule has 176 valence electrons. The van der Waals surface area contributed by atoms with Gasteiger partial charge in [0, 0.05) is 11.3 Å². The van der Waals surface area contributed by atoms with E-state index in [0.717, 1.165) is 33.6 Å². The number of anilines is 1. The first kappa shape index (κ1) is 23.4. The van der Waals surface area contributed by atoms with Gasteiger partial charge < -0.3 is 20.3 Å². The normalized spacial score (nSPS) is 13.9. The van der Waals surface area contributed by atoms with Crippen LogP contribution in [0.15, 0.2) is 53.9 Å². The number of carboxylic acid groups (broad SMARTS) is 1. The third kappa shape index (κ3) is 5.08. The number of aliphatic carboxylic acids is 1. The van der Waals surface area contributed by atoms with Gasteiger partial charge in [-0.25, -0.2) is 14.6 Å². The fourth-order valence-electron chi connectivity index (χ4n) is 3.95. The molecule has 9 nitrogen and oxygen atoms in total. The van der Waals surface area contributed by atoms with Crippen molar-refractivity contribution in [1.29, 1.82) is 0 Å². The Morgan fingerprint density at radius 2 is 1.71 bits per heavy atom. The van der Waals surface area contributed by atoms with E-state index in [-0.39, 0.29) is 24.1 Å². The molecule has 1 aliphatic carbocycles. The van der Waals surface area contributed by atoms with Gasteiger partial charge >= 0.3 is 12.1 Å². The lowest BCUT2D eigenvalue weighted by Gasteiger charge is -2.16. The van der Waals surface area contributed by atoms with E-state index in [9.17, 15) is 19.5 Å². The summed E-state index contributed by atoms with van der Waals surface area (Å²) in [6.07, 6.45) is -2.10. The summed E-state index contributed by atoms with van der Waals surface area (Å²) in [5.41, 5.74) is 4.84. The first-order valence-electron chi connectivity index (χ1n) is 10.6. The van der Waals surface area contributed by atoms with Crippen molar-refractivity contribution in [2.24, 2.45) is 0 Å². The summed E-state index contributed by atoms with van der Waals surface area (Å²) in [6, 6.07) is 14.7. The number of carbonyl (C=O) groups excluding carboxylic acids is 2. The Hall–Kier alpha value is -3.76. The van der Waals surface area contributed by atoms with Crippen molar-refractivity contribution >= 4 is 34.4 Å². The van der Waals surface area contributed by atoms with E-state index in [1.807, 2.05) is 36.4 Å². The number of hydrogen-bond acceptors (Lipinski definition) is 7. The molecular weight excluding hydrogens is 458 g/mol. The maximum Gasteiger partial charge on any atom is 0.413 e. The van der Waals surface area contributed by atoms with E-state index in [0.29, 0.717) is 5.69 Å². The van der Waals surface area contributed by atoms with Gasteiger partial charge in [0.15, 0.2) is 11.2 Å². The molecule has 34 heavy (non-hydrogen) atoms. The number of benzene rings is 2. The number of carboxylic acids is 1. The maximum atomic E-state index is 12.4. The fourth-order valence-corrected chi connectivity index (χ4v) is 4.64. The summed E-state index contributed by atoms with van der Waals surface area (Å²) in [5, 5.41) is 25.2. The second-order valence-electron chi connectivity index (χ2n) is 7.90. The number of amides is 2. The molecule has 2 atom stereocenters. The van der Waals surface area contributed by atoms with E-state index in [2.05, 4.69) is 27.8 Å². The summed E-state index contributed by atoms with van der Waals surface area (Å²) >= 11 is 1.12. The van der Waals surface area contributed by atoms with Gasteiger partial charge in [-0.2, -0.15) is 0 Å². The second kappa shape index (κ2) is 10.0. The van der Waals surface area contributed by atoms with Crippen LogP contribution in [0.5, 0.6) is 0 Å². The Bertz CT molecular complexity index is 1180. The molecular formula is C24H23N3O6S. The first-order valence-corrected chi connectivity index (χ1v) is 11.5. The highest BCUT2D eigenvalue weighted by Gasteiger charge is 2.29. The molecule has 0 aliphatic heterocycles. The highest BCUT2D eigenvalue weighted by atomic mass is 32.1. The van der Waals surface area contributed by atoms with Crippen LogP contribution in [0.25, 0.3) is 11.1 Å². The predicted octanol–water partition coefficient (Wildman–Crippen LogP) is 3.00. The van der Waals surface area contributed by atoms with Crippen LogP contribution in [-0.4, -0.2) is 51.9 Å². The summed E-state index contributed by atoms with van der Waals surface area (Å²) < 4.78 is 5.48. The van der Waals surface area contributed by atoms with E-state index >= 15 is 0 Å². The second-order valence-corrected chi connectivity index (χ2v) is 8.75. The molecule has 1 aliphatic rings. The molecule has 2 amide bonds. The Morgan fingerprint density at radius 1 is 1.09 bits per heavy atom. The lowest BCUT2D eigenvalue weighted by atomic mass is 9.98. The van der Waals surface area contributed by atoms with Gasteiger partial charge in [-0.1, -0.05) is 48.5 Å². The number of ether oxygens (including phenoxy) is 1. The molecule has 4 N–H and O–H groups in total. The van der Waals surface area contributed by atoms with Gasteiger partial charge in [-0.15, -0.1) is 11.3 Å². The van der Waals surface area contributed by atoms with Gasteiger partial charge in [0.2, 0.25) is 5.91 Å². The van der Waals surface area contributed by atoms with Crippen molar-refractivity contribution in [3.63, 3.8) is 0 Å².